The third-order valence-electron chi connectivity index (χ3n) is 4.56. The van der Waals surface area contributed by atoms with Crippen LogP contribution in [0.5, 0.6) is 5.75 Å². The van der Waals surface area contributed by atoms with Crippen LogP contribution in [0.15, 0.2) is 36.5 Å². The Kier molecular flexibility index (Phi) is 7.02. The number of carbonyl (C=O) groups is 1. The number of nitrogens with zero attached hydrogens (tertiary/aromatic N) is 2. The number of alkyl carbamates (subject to hydrolysis) is 1. The highest BCUT2D eigenvalue weighted by molar-refractivity contribution is 6.33. The van der Waals surface area contributed by atoms with E-state index in [1.807, 2.05) is 20.8 Å². The molecule has 2 aromatic rings. The van der Waals surface area contributed by atoms with Gasteiger partial charge in [-0.1, -0.05) is 23.7 Å². The number of hydrogen-bond donors (Lipinski definition) is 1. The van der Waals surface area contributed by atoms with E-state index in [9.17, 15) is 9.18 Å². The Morgan fingerprint density at radius 3 is 2.73 bits per heavy atom. The van der Waals surface area contributed by atoms with Gasteiger partial charge in [0.2, 0.25) is 0 Å². The van der Waals surface area contributed by atoms with Gasteiger partial charge in [-0.15, -0.1) is 0 Å². The summed E-state index contributed by atoms with van der Waals surface area (Å²) < 4.78 is 24.0. The van der Waals surface area contributed by atoms with Crippen molar-refractivity contribution in [3.63, 3.8) is 0 Å². The zero-order valence-electron chi connectivity index (χ0n) is 17.5. The first-order valence-corrected chi connectivity index (χ1v) is 10.3. The number of benzene rings is 1. The first-order chi connectivity index (χ1) is 14.2. The number of pyridine rings is 1. The molecule has 1 atom stereocenters. The molecule has 1 saturated heterocycles. The fraction of sp³-hybridized carbons (Fsp3) is 0.455. The zero-order valence-corrected chi connectivity index (χ0v) is 18.2. The normalized spacial score (nSPS) is 16.8. The van der Waals surface area contributed by atoms with E-state index in [0.29, 0.717) is 29.7 Å². The number of anilines is 1. The molecule has 162 valence electrons. The minimum Gasteiger partial charge on any atom is -0.487 e. The molecule has 0 bridgehead atoms. The molecule has 1 unspecified atom stereocenters. The van der Waals surface area contributed by atoms with Crippen LogP contribution in [0.3, 0.4) is 0 Å². The van der Waals surface area contributed by atoms with Gasteiger partial charge in [0.15, 0.2) is 0 Å². The van der Waals surface area contributed by atoms with Gasteiger partial charge in [-0.05, 0) is 51.3 Å². The van der Waals surface area contributed by atoms with Crippen molar-refractivity contribution in [1.29, 1.82) is 0 Å². The number of piperidine rings is 1. The second-order valence-electron chi connectivity index (χ2n) is 8.32. The van der Waals surface area contributed by atoms with Gasteiger partial charge in [-0.2, -0.15) is 0 Å². The van der Waals surface area contributed by atoms with Crippen molar-refractivity contribution < 1.29 is 18.7 Å². The van der Waals surface area contributed by atoms with Crippen LogP contribution in [-0.2, 0) is 11.3 Å². The van der Waals surface area contributed by atoms with Crippen LogP contribution < -0.4 is 15.0 Å². The number of nitrogens with one attached hydrogen (secondary N) is 1. The van der Waals surface area contributed by atoms with Gasteiger partial charge >= 0.3 is 6.09 Å². The fourth-order valence-corrected chi connectivity index (χ4v) is 3.51. The smallest absolute Gasteiger partial charge is 0.407 e. The molecule has 8 heteroatoms. The average molecular weight is 436 g/mol. The van der Waals surface area contributed by atoms with E-state index in [0.717, 1.165) is 24.9 Å². The predicted octanol–water partition coefficient (Wildman–Crippen LogP) is 4.95. The molecule has 0 spiro atoms. The van der Waals surface area contributed by atoms with E-state index in [-0.39, 0.29) is 11.9 Å². The van der Waals surface area contributed by atoms with E-state index in [1.54, 1.807) is 24.4 Å². The Bertz CT molecular complexity index is 871. The summed E-state index contributed by atoms with van der Waals surface area (Å²) in [5.74, 6) is 0.906. The van der Waals surface area contributed by atoms with Crippen LogP contribution in [0.25, 0.3) is 0 Å². The molecule has 1 amide bonds. The third kappa shape index (κ3) is 6.49. The van der Waals surface area contributed by atoms with Gasteiger partial charge in [0, 0.05) is 25.2 Å². The summed E-state index contributed by atoms with van der Waals surface area (Å²) in [6.07, 6.45) is 2.97. The summed E-state index contributed by atoms with van der Waals surface area (Å²) in [5, 5.41) is 3.40. The minimum atomic E-state index is -0.535. The summed E-state index contributed by atoms with van der Waals surface area (Å²) in [6.45, 7) is 7.20. The second kappa shape index (κ2) is 9.51. The summed E-state index contributed by atoms with van der Waals surface area (Å²) in [7, 11) is 0. The number of halogens is 2. The topological polar surface area (TPSA) is 63.7 Å². The maximum absolute atomic E-state index is 13.0. The van der Waals surface area contributed by atoms with Gasteiger partial charge in [-0.25, -0.2) is 14.2 Å². The van der Waals surface area contributed by atoms with E-state index >= 15 is 0 Å². The van der Waals surface area contributed by atoms with Crippen LogP contribution in [0.4, 0.5) is 15.0 Å². The highest BCUT2D eigenvalue weighted by Crippen LogP contribution is 2.29. The first kappa shape index (κ1) is 22.2. The van der Waals surface area contributed by atoms with Crippen molar-refractivity contribution in [3.8, 4) is 5.75 Å². The molecule has 1 aromatic carbocycles. The summed E-state index contributed by atoms with van der Waals surface area (Å²) in [5.41, 5.74) is 0.316. The summed E-state index contributed by atoms with van der Waals surface area (Å²) in [4.78, 5) is 18.6. The lowest BCUT2D eigenvalue weighted by Crippen LogP contribution is -2.49. The van der Waals surface area contributed by atoms with Crippen molar-refractivity contribution in [2.45, 2.75) is 51.9 Å². The standard InChI is InChI=1S/C22H27ClFN3O3/c1-22(2,3)30-21(28)26-17-5-4-10-27(13-17)20-19(23)11-18(12-25-20)29-14-15-6-8-16(24)9-7-15/h6-9,11-12,17H,4-5,10,13-14H2,1-3H3,(H,26,28). The molecular formula is C22H27ClFN3O3. The predicted molar refractivity (Wildman–Crippen MR) is 115 cm³/mol. The van der Waals surface area contributed by atoms with E-state index in [4.69, 9.17) is 21.1 Å². The quantitative estimate of drug-likeness (QED) is 0.720. The monoisotopic (exact) mass is 435 g/mol. The Labute approximate surface area is 181 Å². The SMILES string of the molecule is CC(C)(C)OC(=O)NC1CCCN(c2ncc(OCc3ccc(F)cc3)cc2Cl)C1. The number of hydrogen-bond acceptors (Lipinski definition) is 5. The number of rotatable bonds is 5. The molecule has 0 radical (unpaired) electrons. The molecule has 2 heterocycles. The maximum Gasteiger partial charge on any atom is 0.407 e. The van der Waals surface area contributed by atoms with Crippen LogP contribution in [-0.4, -0.2) is 35.8 Å². The summed E-state index contributed by atoms with van der Waals surface area (Å²) in [6, 6.07) is 7.81. The Morgan fingerprint density at radius 1 is 1.33 bits per heavy atom. The molecule has 1 aliphatic rings. The second-order valence-corrected chi connectivity index (χ2v) is 8.73. The number of amides is 1. The van der Waals surface area contributed by atoms with Crippen molar-refractivity contribution in [2.24, 2.45) is 0 Å². The van der Waals surface area contributed by atoms with Crippen LogP contribution in [0.2, 0.25) is 5.02 Å². The molecule has 1 aromatic heterocycles. The van der Waals surface area contributed by atoms with Gasteiger partial charge in [0.1, 0.15) is 29.6 Å². The van der Waals surface area contributed by atoms with Crippen molar-refractivity contribution >= 4 is 23.5 Å². The highest BCUT2D eigenvalue weighted by Gasteiger charge is 2.26. The number of ether oxygens (including phenoxy) is 2. The number of carbonyl (C=O) groups excluding carboxylic acids is 1. The Balaban J connectivity index is 1.58. The molecule has 1 aliphatic heterocycles. The van der Waals surface area contributed by atoms with Gasteiger partial charge in [0.05, 0.1) is 11.2 Å². The fourth-order valence-electron chi connectivity index (χ4n) is 3.23. The minimum absolute atomic E-state index is 0.0409. The van der Waals surface area contributed by atoms with Crippen LogP contribution in [0, 0.1) is 5.82 Å². The molecule has 0 aliphatic carbocycles. The summed E-state index contributed by atoms with van der Waals surface area (Å²) >= 11 is 6.46. The first-order valence-electron chi connectivity index (χ1n) is 9.97. The van der Waals surface area contributed by atoms with Gasteiger partial charge < -0.3 is 19.7 Å². The van der Waals surface area contributed by atoms with E-state index in [2.05, 4.69) is 15.2 Å². The van der Waals surface area contributed by atoms with Crippen LogP contribution >= 0.6 is 11.6 Å². The lowest BCUT2D eigenvalue weighted by atomic mass is 10.1. The van der Waals surface area contributed by atoms with Crippen molar-refractivity contribution in [2.75, 3.05) is 18.0 Å². The lowest BCUT2D eigenvalue weighted by Gasteiger charge is -2.34. The van der Waals surface area contributed by atoms with Gasteiger partial charge in [0.25, 0.3) is 0 Å². The van der Waals surface area contributed by atoms with E-state index < -0.39 is 11.7 Å². The van der Waals surface area contributed by atoms with Gasteiger partial charge in [-0.3, -0.25) is 0 Å². The molecule has 1 fully saturated rings. The largest absolute Gasteiger partial charge is 0.487 e. The molecule has 6 nitrogen and oxygen atoms in total. The Hall–Kier alpha value is -2.54. The molecule has 30 heavy (non-hydrogen) atoms. The molecule has 0 saturated carbocycles. The van der Waals surface area contributed by atoms with E-state index in [1.165, 1.54) is 12.1 Å². The average Bonchev–Trinajstić information content (AvgIpc) is 2.66. The Morgan fingerprint density at radius 2 is 2.07 bits per heavy atom. The molecule has 1 N–H and O–H groups in total. The molecular weight excluding hydrogens is 409 g/mol. The van der Waals surface area contributed by atoms with Crippen molar-refractivity contribution in [1.82, 2.24) is 10.3 Å². The third-order valence-corrected chi connectivity index (χ3v) is 4.84. The maximum atomic E-state index is 13.0. The van der Waals surface area contributed by atoms with Crippen LogP contribution in [0.1, 0.15) is 39.2 Å². The lowest BCUT2D eigenvalue weighted by molar-refractivity contribution is 0.0500. The van der Waals surface area contributed by atoms with Crippen molar-refractivity contribution in [3.05, 3.63) is 52.9 Å². The highest BCUT2D eigenvalue weighted by atomic mass is 35.5. The number of aromatic nitrogens is 1. The molecule has 3 rings (SSSR count). The zero-order chi connectivity index (χ0) is 21.7.